The van der Waals surface area contributed by atoms with Gasteiger partial charge in [0.2, 0.25) is 0 Å². The third-order valence-corrected chi connectivity index (χ3v) is 5.21. The summed E-state index contributed by atoms with van der Waals surface area (Å²) in [6.07, 6.45) is 0.185. The lowest BCUT2D eigenvalue weighted by atomic mass is 10.2. The maximum absolute atomic E-state index is 13.4. The Balaban J connectivity index is 1.29. The number of alkyl halides is 3. The van der Waals surface area contributed by atoms with E-state index in [1.165, 1.54) is 10.9 Å². The number of hydrogen-bond donors (Lipinski definition) is 1. The molecule has 0 amide bonds. The van der Waals surface area contributed by atoms with Crippen molar-refractivity contribution in [3.8, 4) is 28.4 Å². The largest absolute Gasteiger partial charge is 0.457 e. The quantitative estimate of drug-likeness (QED) is 0.324. The van der Waals surface area contributed by atoms with Crippen LogP contribution < -0.4 is 10.1 Å². The zero-order chi connectivity index (χ0) is 25.1. The lowest BCUT2D eigenvalue weighted by Crippen LogP contribution is -2.10. The first-order valence-corrected chi connectivity index (χ1v) is 10.9. The second-order valence-electron chi connectivity index (χ2n) is 7.94. The summed E-state index contributed by atoms with van der Waals surface area (Å²) in [5, 5.41) is 15.2. The molecule has 182 valence electrons. The molecule has 0 aliphatic rings. The fourth-order valence-corrected chi connectivity index (χ4v) is 3.47. The Hall–Kier alpha value is -4.67. The second kappa shape index (κ2) is 9.53. The SMILES string of the molecule is Cn1cc(-c2cc(NCc3cn(-c4ccc(Oc5ccccc5)cc4)nn3)cc(C(F)(F)F)n2)cn1. The van der Waals surface area contributed by atoms with Crippen LogP contribution in [0.3, 0.4) is 0 Å². The van der Waals surface area contributed by atoms with E-state index < -0.39 is 11.9 Å². The van der Waals surface area contributed by atoms with Crippen molar-refractivity contribution >= 4 is 5.69 Å². The number of rotatable bonds is 7. The third kappa shape index (κ3) is 5.35. The fraction of sp³-hybridized carbons (Fsp3) is 0.120. The van der Waals surface area contributed by atoms with Crippen molar-refractivity contribution in [3.05, 3.63) is 96.7 Å². The Morgan fingerprint density at radius 1 is 0.944 bits per heavy atom. The number of aryl methyl sites for hydroxylation is 1. The van der Waals surface area contributed by atoms with Crippen molar-refractivity contribution in [1.82, 2.24) is 29.8 Å². The highest BCUT2D eigenvalue weighted by atomic mass is 19.4. The number of benzene rings is 2. The minimum Gasteiger partial charge on any atom is -0.457 e. The number of nitrogens with one attached hydrogen (secondary N) is 1. The van der Waals surface area contributed by atoms with Gasteiger partial charge >= 0.3 is 6.18 Å². The minimum absolute atomic E-state index is 0.168. The molecule has 0 saturated heterocycles. The van der Waals surface area contributed by atoms with Crippen LogP contribution in [0.5, 0.6) is 11.5 Å². The summed E-state index contributed by atoms with van der Waals surface area (Å²) in [6.45, 7) is 0.170. The summed E-state index contributed by atoms with van der Waals surface area (Å²) in [4.78, 5) is 3.76. The predicted octanol–water partition coefficient (Wildman–Crippen LogP) is 5.49. The van der Waals surface area contributed by atoms with Crippen LogP contribution in [0.15, 0.2) is 85.3 Å². The molecule has 0 aliphatic carbocycles. The van der Waals surface area contributed by atoms with Gasteiger partial charge in [0.05, 0.1) is 30.3 Å². The highest BCUT2D eigenvalue weighted by molar-refractivity contribution is 5.63. The number of anilines is 1. The Morgan fingerprint density at radius 2 is 1.69 bits per heavy atom. The van der Waals surface area contributed by atoms with Gasteiger partial charge in [-0.25, -0.2) is 9.67 Å². The van der Waals surface area contributed by atoms with Gasteiger partial charge in [-0.15, -0.1) is 5.10 Å². The molecule has 1 N–H and O–H groups in total. The van der Waals surface area contributed by atoms with Gasteiger partial charge in [0.1, 0.15) is 22.9 Å². The van der Waals surface area contributed by atoms with Crippen molar-refractivity contribution in [2.24, 2.45) is 7.05 Å². The maximum atomic E-state index is 13.4. The van der Waals surface area contributed by atoms with Crippen molar-refractivity contribution in [1.29, 1.82) is 0 Å². The first-order chi connectivity index (χ1) is 17.3. The normalized spacial score (nSPS) is 11.4. The van der Waals surface area contributed by atoms with Gasteiger partial charge in [-0.05, 0) is 48.5 Å². The molecule has 0 unspecified atom stereocenters. The summed E-state index contributed by atoms with van der Waals surface area (Å²) < 4.78 is 49.2. The molecule has 0 spiro atoms. The molecular formula is C25H20F3N7O. The summed E-state index contributed by atoms with van der Waals surface area (Å²) in [5.74, 6) is 1.41. The van der Waals surface area contributed by atoms with Gasteiger partial charge in [-0.1, -0.05) is 23.4 Å². The van der Waals surface area contributed by atoms with Crippen LogP contribution in [0.25, 0.3) is 16.9 Å². The molecule has 0 saturated carbocycles. The number of halogens is 3. The van der Waals surface area contributed by atoms with E-state index in [4.69, 9.17) is 4.74 Å². The number of pyridine rings is 1. The molecule has 5 aromatic rings. The van der Waals surface area contributed by atoms with Crippen LogP contribution in [0.1, 0.15) is 11.4 Å². The number of para-hydroxylation sites is 1. The third-order valence-electron chi connectivity index (χ3n) is 5.21. The van der Waals surface area contributed by atoms with Gasteiger partial charge in [-0.3, -0.25) is 4.68 Å². The Bertz CT molecular complexity index is 1460. The van der Waals surface area contributed by atoms with E-state index in [9.17, 15) is 13.2 Å². The van der Waals surface area contributed by atoms with Crippen LogP contribution in [0.2, 0.25) is 0 Å². The predicted molar refractivity (Wildman–Crippen MR) is 127 cm³/mol. The Morgan fingerprint density at radius 3 is 2.39 bits per heavy atom. The van der Waals surface area contributed by atoms with E-state index in [0.29, 0.717) is 17.0 Å². The van der Waals surface area contributed by atoms with Gasteiger partial charge in [0.25, 0.3) is 0 Å². The number of ether oxygens (including phenoxy) is 1. The van der Waals surface area contributed by atoms with Gasteiger partial charge in [0.15, 0.2) is 0 Å². The molecule has 3 aromatic heterocycles. The van der Waals surface area contributed by atoms with Crippen LogP contribution >= 0.6 is 0 Å². The van der Waals surface area contributed by atoms with Crippen LogP contribution in [-0.2, 0) is 19.8 Å². The number of aromatic nitrogens is 6. The maximum Gasteiger partial charge on any atom is 0.433 e. The lowest BCUT2D eigenvalue weighted by molar-refractivity contribution is -0.141. The molecule has 8 nitrogen and oxygen atoms in total. The van der Waals surface area contributed by atoms with Crippen LogP contribution in [0, 0.1) is 0 Å². The summed E-state index contributed by atoms with van der Waals surface area (Å²) in [7, 11) is 1.68. The summed E-state index contributed by atoms with van der Waals surface area (Å²) >= 11 is 0. The molecule has 5 rings (SSSR count). The molecule has 3 heterocycles. The molecule has 0 fully saturated rings. The minimum atomic E-state index is -4.59. The van der Waals surface area contributed by atoms with Crippen molar-refractivity contribution in [2.45, 2.75) is 12.7 Å². The zero-order valence-electron chi connectivity index (χ0n) is 19.0. The van der Waals surface area contributed by atoms with E-state index in [1.807, 2.05) is 54.6 Å². The standard InChI is InChI=1S/C25H20F3N7O/c1-34-15-17(13-30-34)23-11-18(12-24(31-23)25(26,27)28)29-14-19-16-35(33-32-19)20-7-9-22(10-8-20)36-21-5-3-2-4-6-21/h2-13,15-16H,14H2,1H3,(H,29,31). The van der Waals surface area contributed by atoms with Crippen molar-refractivity contribution < 1.29 is 17.9 Å². The van der Waals surface area contributed by atoms with Crippen molar-refractivity contribution in [2.75, 3.05) is 5.32 Å². The molecular weight excluding hydrogens is 471 g/mol. The molecule has 0 radical (unpaired) electrons. The molecule has 11 heteroatoms. The van der Waals surface area contributed by atoms with E-state index in [1.54, 1.807) is 30.2 Å². The molecule has 2 aromatic carbocycles. The van der Waals surface area contributed by atoms with E-state index in [0.717, 1.165) is 17.5 Å². The summed E-state index contributed by atoms with van der Waals surface area (Å²) in [5.41, 5.74) is 1.23. The highest BCUT2D eigenvalue weighted by Crippen LogP contribution is 2.32. The average Bonchev–Trinajstić information content (AvgIpc) is 3.52. The first-order valence-electron chi connectivity index (χ1n) is 10.9. The van der Waals surface area contributed by atoms with E-state index in [2.05, 4.69) is 25.7 Å². The van der Waals surface area contributed by atoms with Gasteiger partial charge in [0, 0.05) is 24.5 Å². The second-order valence-corrected chi connectivity index (χ2v) is 7.94. The monoisotopic (exact) mass is 491 g/mol. The van der Waals surface area contributed by atoms with Crippen molar-refractivity contribution in [3.63, 3.8) is 0 Å². The first kappa shape index (κ1) is 23.1. The Labute approximate surface area is 204 Å². The van der Waals surface area contributed by atoms with E-state index >= 15 is 0 Å². The zero-order valence-corrected chi connectivity index (χ0v) is 19.0. The highest BCUT2D eigenvalue weighted by Gasteiger charge is 2.33. The number of nitrogens with zero attached hydrogens (tertiary/aromatic N) is 6. The Kier molecular flexibility index (Phi) is 6.11. The van der Waals surface area contributed by atoms with E-state index in [-0.39, 0.29) is 17.9 Å². The van der Waals surface area contributed by atoms with Crippen LogP contribution in [0.4, 0.5) is 18.9 Å². The molecule has 0 bridgehead atoms. The van der Waals surface area contributed by atoms with Crippen LogP contribution in [-0.4, -0.2) is 29.8 Å². The molecule has 0 aliphatic heterocycles. The van der Waals surface area contributed by atoms with Gasteiger partial charge in [-0.2, -0.15) is 18.3 Å². The topological polar surface area (TPSA) is 82.7 Å². The summed E-state index contributed by atoms with van der Waals surface area (Å²) in [6, 6.07) is 19.2. The van der Waals surface area contributed by atoms with Gasteiger partial charge < -0.3 is 10.1 Å². The smallest absolute Gasteiger partial charge is 0.433 e. The average molecular weight is 491 g/mol. The number of hydrogen-bond acceptors (Lipinski definition) is 6. The molecule has 36 heavy (non-hydrogen) atoms. The fourth-order valence-electron chi connectivity index (χ4n) is 3.47. The lowest BCUT2D eigenvalue weighted by Gasteiger charge is -2.11. The molecule has 0 atom stereocenters.